The third-order valence-electron chi connectivity index (χ3n) is 11.4. The summed E-state index contributed by atoms with van der Waals surface area (Å²) in [5, 5.41) is 0. The van der Waals surface area contributed by atoms with Crippen molar-refractivity contribution in [2.45, 2.75) is 55.4 Å². The molecule has 0 atom stereocenters. The Morgan fingerprint density at radius 2 is 0.643 bits per heavy atom. The van der Waals surface area contributed by atoms with Gasteiger partial charge in [0.1, 0.15) is 0 Å². The number of fused-ring (bicyclic) bond motifs is 8. The smallest absolute Gasteiger partial charge is 0.0738 e. The summed E-state index contributed by atoms with van der Waals surface area (Å²) < 4.78 is 0. The molecule has 2 aliphatic heterocycles. The Kier molecular flexibility index (Phi) is 8.58. The highest BCUT2D eigenvalue weighted by Gasteiger charge is 2.22. The molecule has 8 bridgehead atoms. The Balaban J connectivity index is 1.53. The Morgan fingerprint density at radius 1 is 0.321 bits per heavy atom. The van der Waals surface area contributed by atoms with Crippen molar-refractivity contribution in [3.05, 3.63) is 164 Å². The fourth-order valence-electron chi connectivity index (χ4n) is 9.15. The fraction of sp³-hybridized carbons (Fsp3) is 0.154. The zero-order valence-corrected chi connectivity index (χ0v) is 33.4. The number of aromatic nitrogens is 4. The van der Waals surface area contributed by atoms with Crippen LogP contribution in [0.1, 0.15) is 67.3 Å². The molecule has 0 saturated heterocycles. The van der Waals surface area contributed by atoms with E-state index in [2.05, 4.69) is 187 Å². The van der Waals surface area contributed by atoms with Crippen LogP contribution >= 0.6 is 0 Å². The third-order valence-corrected chi connectivity index (χ3v) is 11.4. The molecule has 4 nitrogen and oxygen atoms in total. The number of aromatic amines is 2. The monoisotopic (exact) mass is 726 g/mol. The quantitative estimate of drug-likeness (QED) is 0.190. The summed E-state index contributed by atoms with van der Waals surface area (Å²) in [7, 11) is 0. The Labute approximate surface area is 329 Å². The zero-order valence-electron chi connectivity index (χ0n) is 33.4. The number of aryl methyl sites for hydroxylation is 8. The zero-order chi connectivity index (χ0) is 38.8. The van der Waals surface area contributed by atoms with Gasteiger partial charge in [-0.15, -0.1) is 0 Å². The lowest BCUT2D eigenvalue weighted by molar-refractivity contribution is 1.25. The average Bonchev–Trinajstić information content (AvgIpc) is 3.99. The predicted molar refractivity (Wildman–Crippen MR) is 238 cm³/mol. The standard InChI is InChI=1S/C52H46N4/c1-29-25-33(5)47(34(6)26-29)51-43-21-17-39(53-43)49(37-15-11-9-13-31(37)3)41-19-23-45(55-41)52(48-35(7)27-30(2)28-36(48)8)46-24-20-42(56-46)50(40-18-22-44(51)54-40)38-16-12-10-14-32(38)4/h9-28,53-54H,1-8H3. The summed E-state index contributed by atoms with van der Waals surface area (Å²) in [4.78, 5) is 19.0. The number of benzene rings is 4. The van der Waals surface area contributed by atoms with Crippen molar-refractivity contribution in [1.82, 2.24) is 19.9 Å². The molecule has 9 rings (SSSR count). The molecule has 4 heteroatoms. The van der Waals surface area contributed by atoms with Gasteiger partial charge in [-0.05, 0) is 160 Å². The molecule has 0 aliphatic carbocycles. The van der Waals surface area contributed by atoms with Gasteiger partial charge in [0.05, 0.1) is 22.8 Å². The van der Waals surface area contributed by atoms with Gasteiger partial charge < -0.3 is 9.97 Å². The Morgan fingerprint density at radius 3 is 1.02 bits per heavy atom. The molecule has 0 fully saturated rings. The molecule has 3 aromatic heterocycles. The summed E-state index contributed by atoms with van der Waals surface area (Å²) in [6.45, 7) is 17.6. The highest BCUT2D eigenvalue weighted by atomic mass is 14.8. The van der Waals surface area contributed by atoms with E-state index in [1.54, 1.807) is 0 Å². The summed E-state index contributed by atoms with van der Waals surface area (Å²) in [6, 6.07) is 35.2. The molecule has 0 unspecified atom stereocenters. The van der Waals surface area contributed by atoms with Crippen molar-refractivity contribution in [3.63, 3.8) is 0 Å². The van der Waals surface area contributed by atoms with E-state index in [4.69, 9.17) is 9.97 Å². The fourth-order valence-corrected chi connectivity index (χ4v) is 9.15. The molecule has 0 saturated carbocycles. The Bertz CT molecular complexity index is 2810. The largest absolute Gasteiger partial charge is 0.354 e. The van der Waals surface area contributed by atoms with Crippen LogP contribution in [0.15, 0.2) is 97.1 Å². The minimum absolute atomic E-state index is 0.905. The van der Waals surface area contributed by atoms with Crippen molar-refractivity contribution < 1.29 is 0 Å². The lowest BCUT2D eigenvalue weighted by atomic mass is 9.92. The van der Waals surface area contributed by atoms with Crippen LogP contribution in [0, 0.1) is 55.4 Å². The highest BCUT2D eigenvalue weighted by molar-refractivity contribution is 6.01. The second-order valence-electron chi connectivity index (χ2n) is 15.7. The van der Waals surface area contributed by atoms with Gasteiger partial charge in [0, 0.05) is 44.3 Å². The van der Waals surface area contributed by atoms with Crippen LogP contribution in [0.25, 0.3) is 90.9 Å². The van der Waals surface area contributed by atoms with E-state index in [9.17, 15) is 0 Å². The number of H-pyrrole nitrogens is 2. The maximum Gasteiger partial charge on any atom is 0.0738 e. The number of rotatable bonds is 4. The summed E-state index contributed by atoms with van der Waals surface area (Å²) in [6.07, 6.45) is 8.72. The van der Waals surface area contributed by atoms with Crippen molar-refractivity contribution in [3.8, 4) is 44.5 Å². The first-order chi connectivity index (χ1) is 27.0. The van der Waals surface area contributed by atoms with E-state index < -0.39 is 0 Å². The molecule has 56 heavy (non-hydrogen) atoms. The summed E-state index contributed by atoms with van der Waals surface area (Å²) in [5.74, 6) is 0. The molecule has 0 spiro atoms. The maximum atomic E-state index is 5.53. The number of hydrogen-bond donors (Lipinski definition) is 2. The lowest BCUT2D eigenvalue weighted by Crippen LogP contribution is -1.96. The van der Waals surface area contributed by atoms with E-state index in [0.717, 1.165) is 78.2 Å². The lowest BCUT2D eigenvalue weighted by Gasteiger charge is -2.14. The summed E-state index contributed by atoms with van der Waals surface area (Å²) >= 11 is 0. The second-order valence-corrected chi connectivity index (χ2v) is 15.7. The van der Waals surface area contributed by atoms with Gasteiger partial charge in [-0.25, -0.2) is 9.97 Å². The number of nitrogens with zero attached hydrogens (tertiary/aromatic N) is 2. The minimum atomic E-state index is 0.905. The number of nitrogens with one attached hydrogen (secondary N) is 2. The van der Waals surface area contributed by atoms with Crippen LogP contribution in [-0.4, -0.2) is 19.9 Å². The van der Waals surface area contributed by atoms with Gasteiger partial charge in [-0.1, -0.05) is 83.9 Å². The highest BCUT2D eigenvalue weighted by Crippen LogP contribution is 2.41. The van der Waals surface area contributed by atoms with Gasteiger partial charge in [-0.3, -0.25) is 0 Å². The van der Waals surface area contributed by atoms with E-state index in [1.165, 1.54) is 55.6 Å². The van der Waals surface area contributed by atoms with Gasteiger partial charge in [0.15, 0.2) is 0 Å². The first-order valence-corrected chi connectivity index (χ1v) is 19.5. The minimum Gasteiger partial charge on any atom is -0.354 e. The maximum absolute atomic E-state index is 5.53. The van der Waals surface area contributed by atoms with Gasteiger partial charge in [0.2, 0.25) is 0 Å². The van der Waals surface area contributed by atoms with Crippen molar-refractivity contribution in [2.75, 3.05) is 0 Å². The van der Waals surface area contributed by atoms with Gasteiger partial charge >= 0.3 is 0 Å². The van der Waals surface area contributed by atoms with Crippen molar-refractivity contribution >= 4 is 46.4 Å². The first-order valence-electron chi connectivity index (χ1n) is 19.5. The molecule has 2 N–H and O–H groups in total. The van der Waals surface area contributed by atoms with Crippen LogP contribution in [-0.2, 0) is 0 Å². The Hall–Kier alpha value is -6.52. The predicted octanol–water partition coefficient (Wildman–Crippen LogP) is 13.8. The molecule has 2 aliphatic rings. The van der Waals surface area contributed by atoms with E-state index in [0.29, 0.717) is 0 Å². The molecular weight excluding hydrogens is 681 g/mol. The summed E-state index contributed by atoms with van der Waals surface area (Å²) in [5.41, 5.74) is 26.5. The van der Waals surface area contributed by atoms with Crippen LogP contribution in [0.2, 0.25) is 0 Å². The van der Waals surface area contributed by atoms with Crippen LogP contribution in [0.3, 0.4) is 0 Å². The SMILES string of the molecule is Cc1cc(C)c(-c2c3nc(c(-c4ccccc4C)c4ccc([nH]4)c(-c4c(C)cc(C)cc4C)c4ccc([nH]4)c(-c4ccccc4C)c4nc2C=C4)C=C3)c(C)c1. The molecule has 5 heterocycles. The molecular formula is C52H46N4. The number of hydrogen-bond acceptors (Lipinski definition) is 2. The molecule has 7 aromatic rings. The van der Waals surface area contributed by atoms with Crippen LogP contribution in [0.5, 0.6) is 0 Å². The topological polar surface area (TPSA) is 57.4 Å². The molecule has 4 aromatic carbocycles. The molecule has 274 valence electrons. The van der Waals surface area contributed by atoms with Crippen LogP contribution < -0.4 is 0 Å². The molecule has 0 radical (unpaired) electrons. The second kappa shape index (κ2) is 13.6. The van der Waals surface area contributed by atoms with Crippen molar-refractivity contribution in [1.29, 1.82) is 0 Å². The van der Waals surface area contributed by atoms with Gasteiger partial charge in [-0.2, -0.15) is 0 Å². The van der Waals surface area contributed by atoms with Crippen LogP contribution in [0.4, 0.5) is 0 Å². The van der Waals surface area contributed by atoms with E-state index >= 15 is 0 Å². The van der Waals surface area contributed by atoms with E-state index in [1.807, 2.05) is 0 Å². The van der Waals surface area contributed by atoms with E-state index in [-0.39, 0.29) is 0 Å². The normalized spacial score (nSPS) is 12.1. The average molecular weight is 727 g/mol. The van der Waals surface area contributed by atoms with Gasteiger partial charge in [0.25, 0.3) is 0 Å². The molecule has 0 amide bonds. The third kappa shape index (κ3) is 5.93. The first kappa shape index (κ1) is 35.2. The van der Waals surface area contributed by atoms with Crippen molar-refractivity contribution in [2.24, 2.45) is 0 Å².